The van der Waals surface area contributed by atoms with Crippen LogP contribution in [0.4, 0.5) is 11.4 Å². The molecule has 1 heterocycles. The number of carbonyl (C=O) groups excluding carboxylic acids is 1. The normalized spacial score (nSPS) is 16.9. The van der Waals surface area contributed by atoms with Crippen molar-refractivity contribution in [3.05, 3.63) is 24.3 Å². The first-order chi connectivity index (χ1) is 11.7. The van der Waals surface area contributed by atoms with Crippen molar-refractivity contribution in [1.82, 2.24) is 0 Å². The monoisotopic (exact) mass is 334 g/mol. The fraction of sp³-hybridized carbons (Fsp3) is 0.632. The summed E-state index contributed by atoms with van der Waals surface area (Å²) in [4.78, 5) is 14.6. The Morgan fingerprint density at radius 1 is 1.38 bits per heavy atom. The van der Waals surface area contributed by atoms with E-state index in [0.29, 0.717) is 12.5 Å². The minimum atomic E-state index is -0.454. The number of hydrogen-bond donors (Lipinski definition) is 2. The summed E-state index contributed by atoms with van der Waals surface area (Å²) in [6.45, 7) is 6.58. The number of aliphatic hydroxyl groups is 1. The highest BCUT2D eigenvalue weighted by Crippen LogP contribution is 2.29. The van der Waals surface area contributed by atoms with Crippen molar-refractivity contribution in [2.75, 3.05) is 36.5 Å². The number of piperidine rings is 1. The first-order valence-electron chi connectivity index (χ1n) is 9.03. The molecule has 1 aliphatic rings. The zero-order valence-corrected chi connectivity index (χ0v) is 14.8. The number of hydrogen-bond acceptors (Lipinski definition) is 4. The van der Waals surface area contributed by atoms with Crippen molar-refractivity contribution < 1.29 is 14.6 Å². The van der Waals surface area contributed by atoms with Crippen LogP contribution in [0.5, 0.6) is 0 Å². The largest absolute Gasteiger partial charge is 0.396 e. The Labute approximate surface area is 145 Å². The van der Waals surface area contributed by atoms with Gasteiger partial charge in [0.05, 0.1) is 11.4 Å². The van der Waals surface area contributed by atoms with Crippen molar-refractivity contribution in [3.63, 3.8) is 0 Å². The van der Waals surface area contributed by atoms with Crippen LogP contribution in [-0.4, -0.2) is 43.4 Å². The SMILES string of the molecule is CCCCOC(C)C(=O)Nc1ccccc1N1CCC(CO)CC1. The number of nitrogens with zero attached hydrogens (tertiary/aromatic N) is 1. The minimum absolute atomic E-state index is 0.108. The maximum absolute atomic E-state index is 12.4. The van der Waals surface area contributed by atoms with Crippen LogP contribution in [0.15, 0.2) is 24.3 Å². The second kappa shape index (κ2) is 9.64. The molecule has 0 aliphatic carbocycles. The number of carbonyl (C=O) groups is 1. The Balaban J connectivity index is 1.97. The summed E-state index contributed by atoms with van der Waals surface area (Å²) in [5.74, 6) is 0.291. The van der Waals surface area contributed by atoms with Crippen LogP contribution in [0.2, 0.25) is 0 Å². The van der Waals surface area contributed by atoms with E-state index in [2.05, 4.69) is 17.1 Å². The van der Waals surface area contributed by atoms with E-state index < -0.39 is 6.10 Å². The average Bonchev–Trinajstić information content (AvgIpc) is 2.62. The molecule has 0 bridgehead atoms. The van der Waals surface area contributed by atoms with Gasteiger partial charge in [-0.05, 0) is 44.2 Å². The molecular weight excluding hydrogens is 304 g/mol. The van der Waals surface area contributed by atoms with Crippen LogP contribution in [0.3, 0.4) is 0 Å². The molecule has 1 aromatic carbocycles. The van der Waals surface area contributed by atoms with Crippen LogP contribution in [0.1, 0.15) is 39.5 Å². The molecule has 1 amide bonds. The molecule has 1 saturated heterocycles. The smallest absolute Gasteiger partial charge is 0.253 e. The standard InChI is InChI=1S/C19H30N2O3/c1-3-4-13-24-15(2)19(23)20-17-7-5-6-8-18(17)21-11-9-16(14-22)10-12-21/h5-8,15-16,22H,3-4,9-14H2,1-2H3,(H,20,23). The van der Waals surface area contributed by atoms with Gasteiger partial charge in [0.25, 0.3) is 5.91 Å². The maximum Gasteiger partial charge on any atom is 0.253 e. The quantitative estimate of drug-likeness (QED) is 0.717. The van der Waals surface area contributed by atoms with Gasteiger partial charge in [-0.3, -0.25) is 4.79 Å². The number of anilines is 2. The van der Waals surface area contributed by atoms with Crippen molar-refractivity contribution >= 4 is 17.3 Å². The molecule has 1 aromatic rings. The highest BCUT2D eigenvalue weighted by atomic mass is 16.5. The highest BCUT2D eigenvalue weighted by Gasteiger charge is 2.22. The molecule has 2 rings (SSSR count). The third-order valence-corrected chi connectivity index (χ3v) is 4.61. The number of nitrogens with one attached hydrogen (secondary N) is 1. The van der Waals surface area contributed by atoms with Crippen molar-refractivity contribution in [2.24, 2.45) is 5.92 Å². The number of ether oxygens (including phenoxy) is 1. The van der Waals surface area contributed by atoms with E-state index in [0.717, 1.165) is 50.1 Å². The molecule has 1 aliphatic heterocycles. The molecule has 0 aromatic heterocycles. The fourth-order valence-electron chi connectivity index (χ4n) is 2.93. The van der Waals surface area contributed by atoms with Gasteiger partial charge >= 0.3 is 0 Å². The summed E-state index contributed by atoms with van der Waals surface area (Å²) in [6, 6.07) is 7.90. The summed E-state index contributed by atoms with van der Waals surface area (Å²) in [5.41, 5.74) is 1.87. The molecule has 1 unspecified atom stereocenters. The van der Waals surface area contributed by atoms with Crippen molar-refractivity contribution in [2.45, 2.75) is 45.6 Å². The number of unbranched alkanes of at least 4 members (excludes halogenated alkanes) is 1. The van der Waals surface area contributed by atoms with Gasteiger partial charge in [-0.15, -0.1) is 0 Å². The first kappa shape index (κ1) is 18.7. The lowest BCUT2D eigenvalue weighted by molar-refractivity contribution is -0.126. The molecule has 24 heavy (non-hydrogen) atoms. The van der Waals surface area contributed by atoms with Gasteiger partial charge < -0.3 is 20.1 Å². The van der Waals surface area contributed by atoms with E-state index >= 15 is 0 Å². The summed E-state index contributed by atoms with van der Waals surface area (Å²) in [6.07, 6.45) is 3.53. The minimum Gasteiger partial charge on any atom is -0.396 e. The summed E-state index contributed by atoms with van der Waals surface area (Å²) < 4.78 is 5.58. The molecule has 1 fully saturated rings. The summed E-state index contributed by atoms with van der Waals surface area (Å²) in [5, 5.41) is 12.3. The third-order valence-electron chi connectivity index (χ3n) is 4.61. The van der Waals surface area contributed by atoms with E-state index in [1.165, 1.54) is 0 Å². The van der Waals surface area contributed by atoms with Gasteiger partial charge in [-0.2, -0.15) is 0 Å². The Morgan fingerprint density at radius 2 is 2.08 bits per heavy atom. The van der Waals surface area contributed by atoms with E-state index in [4.69, 9.17) is 4.74 Å². The fourth-order valence-corrected chi connectivity index (χ4v) is 2.93. The molecule has 5 nitrogen and oxygen atoms in total. The predicted octanol–water partition coefficient (Wildman–Crippen LogP) is 3.04. The van der Waals surface area contributed by atoms with E-state index in [1.807, 2.05) is 24.3 Å². The Morgan fingerprint density at radius 3 is 2.75 bits per heavy atom. The van der Waals surface area contributed by atoms with E-state index in [9.17, 15) is 9.90 Å². The average molecular weight is 334 g/mol. The van der Waals surface area contributed by atoms with Crippen LogP contribution >= 0.6 is 0 Å². The lowest BCUT2D eigenvalue weighted by Crippen LogP contribution is -2.36. The zero-order chi connectivity index (χ0) is 17.4. The van der Waals surface area contributed by atoms with Crippen molar-refractivity contribution in [3.8, 4) is 0 Å². The lowest BCUT2D eigenvalue weighted by atomic mass is 9.97. The zero-order valence-electron chi connectivity index (χ0n) is 14.8. The van der Waals surface area contributed by atoms with E-state index in [-0.39, 0.29) is 12.5 Å². The molecule has 134 valence electrons. The lowest BCUT2D eigenvalue weighted by Gasteiger charge is -2.34. The molecule has 5 heteroatoms. The van der Waals surface area contributed by atoms with Crippen LogP contribution in [0.25, 0.3) is 0 Å². The van der Waals surface area contributed by atoms with Gasteiger partial charge in [0.15, 0.2) is 0 Å². The molecule has 0 radical (unpaired) electrons. The number of para-hydroxylation sites is 2. The first-order valence-corrected chi connectivity index (χ1v) is 9.03. The molecule has 2 N–H and O–H groups in total. The number of benzene rings is 1. The second-order valence-electron chi connectivity index (χ2n) is 6.49. The number of aliphatic hydroxyl groups excluding tert-OH is 1. The van der Waals surface area contributed by atoms with Crippen LogP contribution in [0, 0.1) is 5.92 Å². The van der Waals surface area contributed by atoms with Gasteiger partial charge in [-0.1, -0.05) is 25.5 Å². The summed E-state index contributed by atoms with van der Waals surface area (Å²) >= 11 is 0. The van der Waals surface area contributed by atoms with Gasteiger partial charge in [-0.25, -0.2) is 0 Å². The van der Waals surface area contributed by atoms with Gasteiger partial charge in [0, 0.05) is 26.3 Å². The van der Waals surface area contributed by atoms with Gasteiger partial charge in [0.2, 0.25) is 0 Å². The Bertz CT molecular complexity index is 513. The Hall–Kier alpha value is -1.59. The molecule has 1 atom stereocenters. The topological polar surface area (TPSA) is 61.8 Å². The van der Waals surface area contributed by atoms with Crippen molar-refractivity contribution in [1.29, 1.82) is 0 Å². The molecule has 0 saturated carbocycles. The third kappa shape index (κ3) is 5.21. The van der Waals surface area contributed by atoms with Crippen LogP contribution < -0.4 is 10.2 Å². The number of rotatable bonds is 8. The second-order valence-corrected chi connectivity index (χ2v) is 6.49. The van der Waals surface area contributed by atoms with Crippen LogP contribution in [-0.2, 0) is 9.53 Å². The molecule has 0 spiro atoms. The Kier molecular flexibility index (Phi) is 7.53. The predicted molar refractivity (Wildman–Crippen MR) is 97.4 cm³/mol. The number of amides is 1. The highest BCUT2D eigenvalue weighted by molar-refractivity contribution is 5.97. The molecular formula is C19H30N2O3. The summed E-state index contributed by atoms with van der Waals surface area (Å²) in [7, 11) is 0. The van der Waals surface area contributed by atoms with Gasteiger partial charge in [0.1, 0.15) is 6.10 Å². The van der Waals surface area contributed by atoms with E-state index in [1.54, 1.807) is 6.92 Å². The maximum atomic E-state index is 12.4.